The molecular formula is C8H7BrN2OS2. The van der Waals surface area contributed by atoms with Crippen molar-refractivity contribution in [2.24, 2.45) is 0 Å². The molecule has 0 radical (unpaired) electrons. The molecule has 1 atom stereocenters. The predicted molar refractivity (Wildman–Crippen MR) is 60.6 cm³/mol. The number of hydrogen-bond acceptors (Lipinski definition) is 5. The normalized spacial score (nSPS) is 13.0. The van der Waals surface area contributed by atoms with E-state index in [9.17, 15) is 5.11 Å². The molecule has 2 heterocycles. The van der Waals surface area contributed by atoms with E-state index in [0.29, 0.717) is 12.1 Å². The summed E-state index contributed by atoms with van der Waals surface area (Å²) >= 11 is 6.11. The van der Waals surface area contributed by atoms with Crippen molar-refractivity contribution in [3.8, 4) is 0 Å². The molecule has 2 aromatic heterocycles. The highest BCUT2D eigenvalue weighted by atomic mass is 79.9. The fourth-order valence-corrected chi connectivity index (χ4v) is 3.03. The number of thiophene rings is 1. The Morgan fingerprint density at radius 2 is 2.43 bits per heavy atom. The smallest absolute Gasteiger partial charge is 0.103 e. The van der Waals surface area contributed by atoms with Gasteiger partial charge in [-0.3, -0.25) is 0 Å². The van der Waals surface area contributed by atoms with Gasteiger partial charge in [0.15, 0.2) is 0 Å². The molecule has 0 spiro atoms. The predicted octanol–water partition coefficient (Wildman–Crippen LogP) is 2.64. The molecule has 1 N–H and O–H groups in total. The number of hydrogen-bond donors (Lipinski definition) is 1. The SMILES string of the molecule is OC(Cc1cc(Br)cs1)c1cnsn1. The Labute approximate surface area is 97.9 Å². The molecule has 14 heavy (non-hydrogen) atoms. The van der Waals surface area contributed by atoms with Crippen molar-refractivity contribution >= 4 is 39.0 Å². The maximum atomic E-state index is 9.77. The Bertz CT molecular complexity index is 401. The summed E-state index contributed by atoms with van der Waals surface area (Å²) in [6.07, 6.45) is 1.67. The third-order valence-corrected chi connectivity index (χ3v) is 3.95. The molecule has 0 saturated heterocycles. The van der Waals surface area contributed by atoms with Gasteiger partial charge in [-0.25, -0.2) is 0 Å². The molecular weight excluding hydrogens is 284 g/mol. The van der Waals surface area contributed by atoms with Crippen molar-refractivity contribution in [1.29, 1.82) is 0 Å². The van der Waals surface area contributed by atoms with Crippen molar-refractivity contribution in [2.75, 3.05) is 0 Å². The maximum absolute atomic E-state index is 9.77. The monoisotopic (exact) mass is 290 g/mol. The van der Waals surface area contributed by atoms with Gasteiger partial charge in [0.2, 0.25) is 0 Å². The zero-order valence-corrected chi connectivity index (χ0v) is 10.3. The molecule has 0 aliphatic carbocycles. The lowest BCUT2D eigenvalue weighted by molar-refractivity contribution is 0.175. The summed E-state index contributed by atoms with van der Waals surface area (Å²) in [6.45, 7) is 0. The summed E-state index contributed by atoms with van der Waals surface area (Å²) in [4.78, 5) is 1.14. The Hall–Kier alpha value is -0.300. The highest BCUT2D eigenvalue weighted by molar-refractivity contribution is 9.10. The number of aliphatic hydroxyl groups excluding tert-OH is 1. The fourth-order valence-electron chi connectivity index (χ4n) is 1.07. The van der Waals surface area contributed by atoms with Gasteiger partial charge in [0.05, 0.1) is 17.9 Å². The fraction of sp³-hybridized carbons (Fsp3) is 0.250. The molecule has 3 nitrogen and oxygen atoms in total. The number of aromatic nitrogens is 2. The van der Waals surface area contributed by atoms with Crippen LogP contribution in [-0.2, 0) is 6.42 Å². The van der Waals surface area contributed by atoms with Crippen LogP contribution in [-0.4, -0.2) is 13.9 Å². The van der Waals surface area contributed by atoms with Crippen LogP contribution in [0.4, 0.5) is 0 Å². The summed E-state index contributed by atoms with van der Waals surface area (Å²) in [5.74, 6) is 0. The van der Waals surface area contributed by atoms with Crippen molar-refractivity contribution in [1.82, 2.24) is 8.75 Å². The van der Waals surface area contributed by atoms with Gasteiger partial charge in [0.25, 0.3) is 0 Å². The second kappa shape index (κ2) is 4.48. The quantitative estimate of drug-likeness (QED) is 0.945. The Morgan fingerprint density at radius 3 is 3.00 bits per heavy atom. The Balaban J connectivity index is 2.05. The number of nitrogens with zero attached hydrogens (tertiary/aromatic N) is 2. The molecule has 0 bridgehead atoms. The topological polar surface area (TPSA) is 46.0 Å². The molecule has 74 valence electrons. The number of aliphatic hydroxyl groups is 1. The molecule has 2 rings (SSSR count). The molecule has 0 aromatic carbocycles. The minimum Gasteiger partial charge on any atom is -0.386 e. The van der Waals surface area contributed by atoms with Crippen LogP contribution in [0, 0.1) is 0 Å². The zero-order valence-electron chi connectivity index (χ0n) is 7.05. The molecule has 0 aliphatic heterocycles. The molecule has 2 aromatic rings. The van der Waals surface area contributed by atoms with Gasteiger partial charge in [0, 0.05) is 21.2 Å². The second-order valence-corrected chi connectivity index (χ2v) is 5.25. The first-order valence-corrected chi connectivity index (χ1v) is 6.34. The molecule has 0 fully saturated rings. The third-order valence-electron chi connectivity index (χ3n) is 1.74. The van der Waals surface area contributed by atoms with E-state index in [1.807, 2.05) is 11.4 Å². The lowest BCUT2D eigenvalue weighted by Crippen LogP contribution is -2.00. The van der Waals surface area contributed by atoms with Gasteiger partial charge in [-0.05, 0) is 22.0 Å². The van der Waals surface area contributed by atoms with Crippen LogP contribution < -0.4 is 0 Å². The third kappa shape index (κ3) is 2.38. The summed E-state index contributed by atoms with van der Waals surface area (Å²) in [5, 5.41) is 11.8. The first-order chi connectivity index (χ1) is 6.75. The van der Waals surface area contributed by atoms with Crippen molar-refractivity contribution in [2.45, 2.75) is 12.5 Å². The highest BCUT2D eigenvalue weighted by Crippen LogP contribution is 2.24. The van der Waals surface area contributed by atoms with Crippen LogP contribution in [0.3, 0.4) is 0 Å². The van der Waals surface area contributed by atoms with Gasteiger partial charge >= 0.3 is 0 Å². The van der Waals surface area contributed by atoms with Crippen molar-refractivity contribution in [3.05, 3.63) is 32.7 Å². The standard InChI is InChI=1S/C8H7BrN2OS2/c9-5-1-6(13-4-5)2-8(12)7-3-10-14-11-7/h1,3-4,8,12H,2H2. The van der Waals surface area contributed by atoms with E-state index >= 15 is 0 Å². The van der Waals surface area contributed by atoms with E-state index in [-0.39, 0.29) is 0 Å². The van der Waals surface area contributed by atoms with Gasteiger partial charge in [-0.15, -0.1) is 11.3 Å². The molecule has 6 heteroatoms. The number of rotatable bonds is 3. The van der Waals surface area contributed by atoms with Gasteiger partial charge in [-0.1, -0.05) is 0 Å². The lowest BCUT2D eigenvalue weighted by Gasteiger charge is -2.03. The molecule has 0 saturated carbocycles. The second-order valence-electron chi connectivity index (χ2n) is 2.78. The van der Waals surface area contributed by atoms with Gasteiger partial charge in [0.1, 0.15) is 11.8 Å². The maximum Gasteiger partial charge on any atom is 0.103 e. The van der Waals surface area contributed by atoms with E-state index in [0.717, 1.165) is 21.1 Å². The largest absolute Gasteiger partial charge is 0.386 e. The Morgan fingerprint density at radius 1 is 1.57 bits per heavy atom. The Kier molecular flexibility index (Phi) is 3.27. The summed E-state index contributed by atoms with van der Waals surface area (Å²) in [7, 11) is 0. The van der Waals surface area contributed by atoms with Crippen LogP contribution in [0.5, 0.6) is 0 Å². The average molecular weight is 291 g/mol. The summed E-state index contributed by atoms with van der Waals surface area (Å²) < 4.78 is 8.90. The van der Waals surface area contributed by atoms with E-state index in [4.69, 9.17) is 0 Å². The molecule has 0 aliphatic rings. The van der Waals surface area contributed by atoms with Crippen LogP contribution in [0.25, 0.3) is 0 Å². The first kappa shape index (κ1) is 10.2. The minimum absolute atomic E-state index is 0.542. The zero-order chi connectivity index (χ0) is 9.97. The van der Waals surface area contributed by atoms with Crippen molar-refractivity contribution < 1.29 is 5.11 Å². The molecule has 0 amide bonds. The summed E-state index contributed by atoms with van der Waals surface area (Å²) in [6, 6.07) is 2.01. The molecule has 1 unspecified atom stereocenters. The first-order valence-electron chi connectivity index (χ1n) is 3.94. The van der Waals surface area contributed by atoms with E-state index < -0.39 is 6.10 Å². The number of halogens is 1. The van der Waals surface area contributed by atoms with E-state index in [1.54, 1.807) is 17.5 Å². The summed E-state index contributed by atoms with van der Waals surface area (Å²) in [5.41, 5.74) is 0.652. The highest BCUT2D eigenvalue weighted by Gasteiger charge is 2.12. The van der Waals surface area contributed by atoms with Crippen molar-refractivity contribution in [3.63, 3.8) is 0 Å². The minimum atomic E-state index is -0.542. The van der Waals surface area contributed by atoms with Crippen LogP contribution in [0.1, 0.15) is 16.7 Å². The van der Waals surface area contributed by atoms with Crippen LogP contribution in [0.2, 0.25) is 0 Å². The van der Waals surface area contributed by atoms with Gasteiger partial charge in [-0.2, -0.15) is 8.75 Å². The van der Waals surface area contributed by atoms with Crippen LogP contribution in [0.15, 0.2) is 22.1 Å². The van der Waals surface area contributed by atoms with Crippen LogP contribution >= 0.6 is 39.0 Å². The van der Waals surface area contributed by atoms with E-state index in [2.05, 4.69) is 24.7 Å². The van der Waals surface area contributed by atoms with E-state index in [1.165, 1.54) is 0 Å². The average Bonchev–Trinajstić information content (AvgIpc) is 2.75. The van der Waals surface area contributed by atoms with Gasteiger partial charge < -0.3 is 5.11 Å². The lowest BCUT2D eigenvalue weighted by atomic mass is 10.2.